The van der Waals surface area contributed by atoms with Crippen molar-refractivity contribution in [1.82, 2.24) is 9.88 Å². The standard InChI is InChI=1S/C19H20N2O4/c1-24-19(23)17-7-3-2-6-16(17)18(22)21-11-8-14(9-12-21)25-15-5-4-10-20-13-15/h2-7,10,13-14H,8-9,11-12H2,1H3. The summed E-state index contributed by atoms with van der Waals surface area (Å²) in [6.45, 7) is 1.17. The highest BCUT2D eigenvalue weighted by Crippen LogP contribution is 2.20. The summed E-state index contributed by atoms with van der Waals surface area (Å²) in [6, 6.07) is 10.4. The molecular weight excluding hydrogens is 320 g/mol. The van der Waals surface area contributed by atoms with Crippen LogP contribution in [-0.4, -0.2) is 48.1 Å². The van der Waals surface area contributed by atoms with Crippen LogP contribution in [0.25, 0.3) is 0 Å². The van der Waals surface area contributed by atoms with Crippen LogP contribution in [0.3, 0.4) is 0 Å². The number of hydrogen-bond donors (Lipinski definition) is 0. The highest BCUT2D eigenvalue weighted by Gasteiger charge is 2.27. The number of methoxy groups -OCH3 is 1. The molecule has 1 amide bonds. The van der Waals surface area contributed by atoms with Gasteiger partial charge in [0, 0.05) is 32.1 Å². The summed E-state index contributed by atoms with van der Waals surface area (Å²) in [6.07, 6.45) is 4.92. The number of aromatic nitrogens is 1. The molecule has 1 aromatic carbocycles. The van der Waals surface area contributed by atoms with Gasteiger partial charge < -0.3 is 14.4 Å². The molecule has 3 rings (SSSR count). The molecule has 0 aliphatic carbocycles. The second-order valence-electron chi connectivity index (χ2n) is 5.84. The minimum atomic E-state index is -0.501. The molecule has 6 heteroatoms. The number of carbonyl (C=O) groups is 2. The summed E-state index contributed by atoms with van der Waals surface area (Å²) in [5.41, 5.74) is 0.671. The maximum absolute atomic E-state index is 12.8. The highest BCUT2D eigenvalue weighted by molar-refractivity contribution is 6.05. The molecule has 2 heterocycles. The van der Waals surface area contributed by atoms with Crippen LogP contribution in [0.15, 0.2) is 48.8 Å². The monoisotopic (exact) mass is 340 g/mol. The van der Waals surface area contributed by atoms with E-state index in [0.29, 0.717) is 24.2 Å². The van der Waals surface area contributed by atoms with E-state index >= 15 is 0 Å². The van der Waals surface area contributed by atoms with E-state index in [0.717, 1.165) is 18.6 Å². The lowest BCUT2D eigenvalue weighted by atomic mass is 10.0. The van der Waals surface area contributed by atoms with Gasteiger partial charge in [0.15, 0.2) is 0 Å². The van der Waals surface area contributed by atoms with E-state index in [2.05, 4.69) is 4.98 Å². The maximum atomic E-state index is 12.8. The fourth-order valence-corrected chi connectivity index (χ4v) is 2.91. The zero-order chi connectivity index (χ0) is 17.6. The van der Waals surface area contributed by atoms with Gasteiger partial charge in [-0.25, -0.2) is 4.79 Å². The second-order valence-corrected chi connectivity index (χ2v) is 5.84. The number of esters is 1. The average molecular weight is 340 g/mol. The molecule has 130 valence electrons. The number of benzene rings is 1. The van der Waals surface area contributed by atoms with Crippen molar-refractivity contribution < 1.29 is 19.1 Å². The van der Waals surface area contributed by atoms with E-state index < -0.39 is 5.97 Å². The molecule has 1 aliphatic rings. The summed E-state index contributed by atoms with van der Waals surface area (Å²) in [7, 11) is 1.31. The molecule has 1 saturated heterocycles. The highest BCUT2D eigenvalue weighted by atomic mass is 16.5. The molecule has 1 aromatic heterocycles. The molecule has 0 saturated carbocycles. The van der Waals surface area contributed by atoms with Gasteiger partial charge in [0.1, 0.15) is 11.9 Å². The summed E-state index contributed by atoms with van der Waals surface area (Å²) < 4.78 is 10.7. The number of amides is 1. The number of ether oxygens (including phenoxy) is 2. The van der Waals surface area contributed by atoms with Crippen LogP contribution in [0.4, 0.5) is 0 Å². The maximum Gasteiger partial charge on any atom is 0.338 e. The first-order valence-electron chi connectivity index (χ1n) is 8.22. The van der Waals surface area contributed by atoms with E-state index in [-0.39, 0.29) is 12.0 Å². The van der Waals surface area contributed by atoms with Crippen molar-refractivity contribution in [2.45, 2.75) is 18.9 Å². The molecule has 25 heavy (non-hydrogen) atoms. The Labute approximate surface area is 146 Å². The van der Waals surface area contributed by atoms with Crippen LogP contribution in [0.5, 0.6) is 5.75 Å². The molecule has 0 bridgehead atoms. The normalized spacial score (nSPS) is 14.8. The number of hydrogen-bond acceptors (Lipinski definition) is 5. The van der Waals surface area contributed by atoms with E-state index in [1.54, 1.807) is 41.6 Å². The number of rotatable bonds is 4. The van der Waals surface area contributed by atoms with Crippen LogP contribution in [-0.2, 0) is 4.74 Å². The number of piperidine rings is 1. The Kier molecular flexibility index (Phi) is 5.28. The number of nitrogens with zero attached hydrogens (tertiary/aromatic N) is 2. The van der Waals surface area contributed by atoms with Gasteiger partial charge in [-0.1, -0.05) is 12.1 Å². The Morgan fingerprint density at radius 2 is 1.80 bits per heavy atom. The number of carbonyl (C=O) groups excluding carboxylic acids is 2. The smallest absolute Gasteiger partial charge is 0.338 e. The Bertz CT molecular complexity index is 740. The second kappa shape index (κ2) is 7.79. The molecule has 0 radical (unpaired) electrons. The van der Waals surface area contributed by atoms with Gasteiger partial charge >= 0.3 is 5.97 Å². The van der Waals surface area contributed by atoms with Gasteiger partial charge in [0.2, 0.25) is 0 Å². The van der Waals surface area contributed by atoms with Crippen molar-refractivity contribution in [3.05, 3.63) is 59.9 Å². The summed E-state index contributed by atoms with van der Waals surface area (Å²) in [5, 5.41) is 0. The number of likely N-dealkylation sites (tertiary alicyclic amines) is 1. The quantitative estimate of drug-likeness (QED) is 0.800. The predicted octanol–water partition coefficient (Wildman–Crippen LogP) is 2.55. The Hall–Kier alpha value is -2.89. The topological polar surface area (TPSA) is 68.7 Å². The Morgan fingerprint density at radius 1 is 1.08 bits per heavy atom. The Balaban J connectivity index is 1.63. The third-order valence-corrected chi connectivity index (χ3v) is 4.23. The van der Waals surface area contributed by atoms with Crippen LogP contribution in [0.1, 0.15) is 33.6 Å². The van der Waals surface area contributed by atoms with Crippen molar-refractivity contribution >= 4 is 11.9 Å². The van der Waals surface area contributed by atoms with Gasteiger partial charge in [-0.15, -0.1) is 0 Å². The molecule has 0 atom stereocenters. The summed E-state index contributed by atoms with van der Waals surface area (Å²) in [5.74, 6) is 0.0860. The lowest BCUT2D eigenvalue weighted by Gasteiger charge is -2.32. The first-order valence-corrected chi connectivity index (χ1v) is 8.22. The summed E-state index contributed by atoms with van der Waals surface area (Å²) >= 11 is 0. The van der Waals surface area contributed by atoms with E-state index in [1.165, 1.54) is 7.11 Å². The van der Waals surface area contributed by atoms with Gasteiger partial charge in [-0.05, 0) is 24.3 Å². The largest absolute Gasteiger partial charge is 0.489 e. The van der Waals surface area contributed by atoms with Crippen LogP contribution < -0.4 is 4.74 Å². The van der Waals surface area contributed by atoms with Crippen molar-refractivity contribution in [2.24, 2.45) is 0 Å². The van der Waals surface area contributed by atoms with Crippen molar-refractivity contribution in [3.63, 3.8) is 0 Å². The molecule has 0 N–H and O–H groups in total. The van der Waals surface area contributed by atoms with Gasteiger partial charge in [-0.3, -0.25) is 9.78 Å². The van der Waals surface area contributed by atoms with Gasteiger partial charge in [-0.2, -0.15) is 0 Å². The van der Waals surface area contributed by atoms with Crippen LogP contribution in [0.2, 0.25) is 0 Å². The molecule has 1 fully saturated rings. The molecule has 0 unspecified atom stereocenters. The first kappa shape index (κ1) is 17.0. The van der Waals surface area contributed by atoms with E-state index in [4.69, 9.17) is 9.47 Å². The third-order valence-electron chi connectivity index (χ3n) is 4.23. The van der Waals surface area contributed by atoms with Crippen molar-refractivity contribution in [2.75, 3.05) is 20.2 Å². The first-order chi connectivity index (χ1) is 12.2. The lowest BCUT2D eigenvalue weighted by molar-refractivity contribution is 0.0556. The van der Waals surface area contributed by atoms with Gasteiger partial charge in [0.25, 0.3) is 5.91 Å². The van der Waals surface area contributed by atoms with Gasteiger partial charge in [0.05, 0.1) is 24.4 Å². The third kappa shape index (κ3) is 3.96. The fraction of sp³-hybridized carbons (Fsp3) is 0.316. The average Bonchev–Trinajstić information content (AvgIpc) is 2.68. The lowest BCUT2D eigenvalue weighted by Crippen LogP contribution is -2.42. The van der Waals surface area contributed by atoms with Crippen LogP contribution in [0, 0.1) is 0 Å². The van der Waals surface area contributed by atoms with Crippen molar-refractivity contribution in [1.29, 1.82) is 0 Å². The molecular formula is C19H20N2O4. The molecule has 6 nitrogen and oxygen atoms in total. The predicted molar refractivity (Wildman–Crippen MR) is 91.6 cm³/mol. The van der Waals surface area contributed by atoms with E-state index in [1.807, 2.05) is 12.1 Å². The molecule has 2 aromatic rings. The van der Waals surface area contributed by atoms with Crippen LogP contribution >= 0.6 is 0 Å². The fourth-order valence-electron chi connectivity index (χ4n) is 2.91. The number of pyridine rings is 1. The zero-order valence-electron chi connectivity index (χ0n) is 14.1. The summed E-state index contributed by atoms with van der Waals surface area (Å²) in [4.78, 5) is 30.4. The minimum absolute atomic E-state index is 0.0594. The minimum Gasteiger partial charge on any atom is -0.489 e. The Morgan fingerprint density at radius 3 is 2.44 bits per heavy atom. The van der Waals surface area contributed by atoms with E-state index in [9.17, 15) is 9.59 Å². The molecule has 0 spiro atoms. The molecule has 1 aliphatic heterocycles. The van der Waals surface area contributed by atoms with Crippen molar-refractivity contribution in [3.8, 4) is 5.75 Å². The SMILES string of the molecule is COC(=O)c1ccccc1C(=O)N1CCC(Oc2cccnc2)CC1. The zero-order valence-corrected chi connectivity index (χ0v) is 14.1.